The van der Waals surface area contributed by atoms with E-state index in [1.54, 1.807) is 12.1 Å². The molecule has 8 nitrogen and oxygen atoms in total. The molecule has 0 spiro atoms. The number of anilines is 2. The Kier molecular flexibility index (Phi) is 8.33. The molecule has 5 rings (SSSR count). The van der Waals surface area contributed by atoms with Gasteiger partial charge < -0.3 is 4.67 Å². The van der Waals surface area contributed by atoms with Crippen molar-refractivity contribution >= 4 is 76.4 Å². The second kappa shape index (κ2) is 11.2. The van der Waals surface area contributed by atoms with Crippen molar-refractivity contribution in [2.45, 2.75) is 31.0 Å². The Morgan fingerprint density at radius 1 is 0.868 bits per heavy atom. The molecule has 0 bridgehead atoms. The maximum Gasteiger partial charge on any atom is 0.323 e. The first-order valence-corrected chi connectivity index (χ1v) is 19.7. The van der Waals surface area contributed by atoms with Crippen LogP contribution in [0.3, 0.4) is 0 Å². The summed E-state index contributed by atoms with van der Waals surface area (Å²) in [6, 6.07) is 14.6. The van der Waals surface area contributed by atoms with Crippen molar-refractivity contribution in [3.8, 4) is 0 Å². The lowest BCUT2D eigenvalue weighted by atomic mass is 10.1. The van der Waals surface area contributed by atoms with Crippen molar-refractivity contribution in [1.29, 1.82) is 0 Å². The molecule has 3 aliphatic rings. The van der Waals surface area contributed by atoms with Crippen LogP contribution in [0.4, 0.5) is 11.4 Å². The number of fused-ring (bicyclic) bond motifs is 4. The summed E-state index contributed by atoms with van der Waals surface area (Å²) in [4.78, 5) is 27.4. The fourth-order valence-electron chi connectivity index (χ4n) is 5.21. The highest BCUT2D eigenvalue weighted by Crippen LogP contribution is 2.79. The predicted octanol–water partition coefficient (Wildman–Crippen LogP) is 7.19. The molecule has 0 radical (unpaired) electrons. The van der Waals surface area contributed by atoms with Crippen molar-refractivity contribution in [2.24, 2.45) is 0 Å². The van der Waals surface area contributed by atoms with Gasteiger partial charge in [0, 0.05) is 37.3 Å². The number of thioether (sulfide) groups is 1. The summed E-state index contributed by atoms with van der Waals surface area (Å²) in [6.07, 6.45) is 1.28. The average molecular weight is 658 g/mol. The summed E-state index contributed by atoms with van der Waals surface area (Å²) >= 11 is 6.13. The monoisotopic (exact) mass is 656 g/mol. The minimum absolute atomic E-state index is 0.249. The van der Waals surface area contributed by atoms with Gasteiger partial charge in [0.25, 0.3) is 19.3 Å². The maximum absolute atomic E-state index is 15.3. The van der Waals surface area contributed by atoms with Gasteiger partial charge in [0.2, 0.25) is 0 Å². The first kappa shape index (κ1) is 28.2. The van der Waals surface area contributed by atoms with Crippen molar-refractivity contribution < 1.29 is 18.7 Å². The molecule has 0 saturated carbocycles. The summed E-state index contributed by atoms with van der Waals surface area (Å²) < 4.78 is 36.6. The number of nitrogens with zero attached hydrogens (tertiary/aromatic N) is 4. The van der Waals surface area contributed by atoms with Gasteiger partial charge in [0.1, 0.15) is 0 Å². The number of alkyl halides is 1. The van der Waals surface area contributed by atoms with E-state index >= 15 is 9.13 Å². The highest BCUT2D eigenvalue weighted by atomic mass is 79.9. The largest absolute Gasteiger partial charge is 0.323 e. The molecule has 204 valence electrons. The molecule has 0 aliphatic carbocycles. The molecular weight excluding hydrogens is 626 g/mol. The standard InChI is InChI=1S/C25H31BrN4O4P2S2/c1-3-14-29-23(31)19-9-5-7-11-21(19)27-17-18-37-25(35(27,29)33)38-36(34)28(16-13-26)22-12-8-6-10-20(22)24(32)30(36)15-4-2/h5-12,25H,3-4,13-18H2,1-2H3. The summed E-state index contributed by atoms with van der Waals surface area (Å²) in [7, 11) is -3.55. The molecule has 2 aromatic carbocycles. The number of amides is 2. The zero-order chi connectivity index (χ0) is 27.1. The SMILES string of the molecule is CCCN1C(=O)c2ccccc2N(CCBr)P1(=O)SC1SCCN2c3ccccc3C(=O)N(CCC)P12=O. The second-order valence-corrected chi connectivity index (χ2v) is 19.5. The summed E-state index contributed by atoms with van der Waals surface area (Å²) in [5.74, 6) is 0.151. The van der Waals surface area contributed by atoms with Gasteiger partial charge in [-0.05, 0) is 48.5 Å². The van der Waals surface area contributed by atoms with Crippen LogP contribution >= 0.6 is 53.2 Å². The minimum atomic E-state index is -3.63. The third-order valence-corrected chi connectivity index (χ3v) is 19.8. The normalized spacial score (nSPS) is 26.8. The molecular formula is C25H31BrN4O4P2S2. The van der Waals surface area contributed by atoms with Gasteiger partial charge in [0.15, 0.2) is 4.32 Å². The van der Waals surface area contributed by atoms with E-state index < -0.39 is 18.4 Å². The highest BCUT2D eigenvalue weighted by molar-refractivity contribution is 9.09. The van der Waals surface area contributed by atoms with Crippen LogP contribution in [0.2, 0.25) is 0 Å². The number of hydrogen-bond donors (Lipinski definition) is 0. The van der Waals surface area contributed by atoms with Gasteiger partial charge in [-0.25, -0.2) is 0 Å². The van der Waals surface area contributed by atoms with E-state index in [-0.39, 0.29) is 11.8 Å². The van der Waals surface area contributed by atoms with Crippen LogP contribution in [-0.2, 0) is 9.13 Å². The third kappa shape index (κ3) is 4.37. The van der Waals surface area contributed by atoms with Gasteiger partial charge in [0.05, 0.1) is 22.5 Å². The zero-order valence-corrected chi connectivity index (χ0v) is 26.4. The summed E-state index contributed by atoms with van der Waals surface area (Å²) in [6.45, 7) is 1.89. The van der Waals surface area contributed by atoms with Crippen LogP contribution in [0.25, 0.3) is 0 Å². The fraction of sp³-hybridized carbons (Fsp3) is 0.440. The van der Waals surface area contributed by atoms with Gasteiger partial charge in [-0.15, -0.1) is 11.8 Å². The number of carbonyl (C=O) groups is 2. The molecule has 38 heavy (non-hydrogen) atoms. The Bertz CT molecular complexity index is 1350. The topological polar surface area (TPSA) is 81.2 Å². The number of para-hydroxylation sites is 2. The molecule has 3 heterocycles. The lowest BCUT2D eigenvalue weighted by molar-refractivity contribution is 0.0846. The molecule has 3 aliphatic heterocycles. The fourth-order valence-corrected chi connectivity index (χ4v) is 20.8. The minimum Gasteiger partial charge on any atom is -0.304 e. The molecule has 3 atom stereocenters. The van der Waals surface area contributed by atoms with E-state index in [0.717, 1.165) is 11.4 Å². The van der Waals surface area contributed by atoms with Crippen molar-refractivity contribution in [1.82, 2.24) is 9.34 Å². The van der Waals surface area contributed by atoms with Crippen LogP contribution in [0.5, 0.6) is 0 Å². The molecule has 2 aromatic rings. The van der Waals surface area contributed by atoms with Gasteiger partial charge in [-0.3, -0.25) is 32.7 Å². The number of carbonyl (C=O) groups excluding carboxylic acids is 2. The molecule has 1 fully saturated rings. The molecule has 2 amide bonds. The smallest absolute Gasteiger partial charge is 0.304 e. The van der Waals surface area contributed by atoms with E-state index in [1.807, 2.05) is 59.6 Å². The Hall–Kier alpha value is -1.38. The quantitative estimate of drug-likeness (QED) is 0.218. The number of rotatable bonds is 8. The van der Waals surface area contributed by atoms with Crippen LogP contribution in [0.15, 0.2) is 48.5 Å². The molecule has 0 aromatic heterocycles. The van der Waals surface area contributed by atoms with E-state index in [2.05, 4.69) is 15.9 Å². The van der Waals surface area contributed by atoms with Crippen molar-refractivity contribution in [2.75, 3.05) is 46.6 Å². The number of halogens is 1. The molecule has 3 unspecified atom stereocenters. The summed E-state index contributed by atoms with van der Waals surface area (Å²) in [5, 5.41) is 0.551. The van der Waals surface area contributed by atoms with E-state index in [9.17, 15) is 9.59 Å². The van der Waals surface area contributed by atoms with Crippen molar-refractivity contribution in [3.05, 3.63) is 59.7 Å². The van der Waals surface area contributed by atoms with E-state index in [4.69, 9.17) is 0 Å². The second-order valence-electron chi connectivity index (χ2n) is 9.19. The maximum atomic E-state index is 15.3. The Balaban J connectivity index is 1.64. The van der Waals surface area contributed by atoms with Crippen LogP contribution in [0, 0.1) is 0 Å². The first-order valence-electron chi connectivity index (χ1n) is 12.8. The highest BCUT2D eigenvalue weighted by Gasteiger charge is 2.58. The lowest BCUT2D eigenvalue weighted by Crippen LogP contribution is -2.48. The Morgan fingerprint density at radius 3 is 2.11 bits per heavy atom. The van der Waals surface area contributed by atoms with Crippen LogP contribution in [-0.4, -0.2) is 62.7 Å². The zero-order valence-electron chi connectivity index (χ0n) is 21.4. The lowest BCUT2D eigenvalue weighted by Gasteiger charge is -2.52. The number of benzene rings is 2. The Morgan fingerprint density at radius 2 is 1.45 bits per heavy atom. The molecule has 0 N–H and O–H groups in total. The third-order valence-electron chi connectivity index (χ3n) is 6.83. The van der Waals surface area contributed by atoms with Gasteiger partial charge in [-0.2, -0.15) is 0 Å². The predicted molar refractivity (Wildman–Crippen MR) is 163 cm³/mol. The van der Waals surface area contributed by atoms with E-state index in [1.165, 1.54) is 21.1 Å². The average Bonchev–Trinajstić information content (AvgIpc) is 2.92. The van der Waals surface area contributed by atoms with Crippen molar-refractivity contribution in [3.63, 3.8) is 0 Å². The van der Waals surface area contributed by atoms with Gasteiger partial charge in [-0.1, -0.05) is 54.0 Å². The van der Waals surface area contributed by atoms with Crippen LogP contribution < -0.4 is 9.34 Å². The van der Waals surface area contributed by atoms with Gasteiger partial charge >= 0.3 is 6.65 Å². The number of hydrogen-bond acceptors (Lipinski definition) is 6. The van der Waals surface area contributed by atoms with Crippen LogP contribution in [0.1, 0.15) is 47.4 Å². The first-order chi connectivity index (χ1) is 18.3. The summed E-state index contributed by atoms with van der Waals surface area (Å²) in [5.41, 5.74) is 2.37. The van der Waals surface area contributed by atoms with E-state index in [0.29, 0.717) is 72.6 Å². The molecule has 13 heteroatoms. The Labute approximate surface area is 240 Å². The molecule has 1 saturated heterocycles.